The Morgan fingerprint density at radius 3 is 2.75 bits per heavy atom. The van der Waals surface area contributed by atoms with Gasteiger partial charge < -0.3 is 4.74 Å². The Balaban J connectivity index is 2.33. The van der Waals surface area contributed by atoms with Crippen molar-refractivity contribution < 1.29 is 4.74 Å². The van der Waals surface area contributed by atoms with Crippen LogP contribution in [0.3, 0.4) is 0 Å². The predicted octanol–water partition coefficient (Wildman–Crippen LogP) is 5.14. The third-order valence-corrected chi connectivity index (χ3v) is 3.75. The van der Waals surface area contributed by atoms with E-state index in [4.69, 9.17) is 4.74 Å². The molecule has 0 heterocycles. The number of rotatable bonds is 8. The van der Waals surface area contributed by atoms with Crippen LogP contribution in [0.2, 0.25) is 0 Å². The van der Waals surface area contributed by atoms with Gasteiger partial charge in [-0.3, -0.25) is 0 Å². The molecule has 0 amide bonds. The highest BCUT2D eigenvalue weighted by molar-refractivity contribution is 8.03. The number of thioether (sulfide) groups is 1. The zero-order valence-electron chi connectivity index (χ0n) is 12.5. The van der Waals surface area contributed by atoms with Crippen LogP contribution in [-0.4, -0.2) is 13.2 Å². The molecule has 108 valence electrons. The molecule has 1 atom stereocenters. The molecule has 0 radical (unpaired) electrons. The van der Waals surface area contributed by atoms with Gasteiger partial charge in [0.25, 0.3) is 0 Å². The van der Waals surface area contributed by atoms with Gasteiger partial charge in [-0.15, -0.1) is 0 Å². The van der Waals surface area contributed by atoms with Crippen molar-refractivity contribution in [3.8, 4) is 11.2 Å². The molecule has 1 aromatic rings. The Bertz CT molecular complexity index is 441. The second kappa shape index (κ2) is 10.6. The van der Waals surface area contributed by atoms with Crippen molar-refractivity contribution in [2.24, 2.45) is 5.92 Å². The van der Waals surface area contributed by atoms with E-state index in [2.05, 4.69) is 43.7 Å². The van der Waals surface area contributed by atoms with Crippen LogP contribution in [0.4, 0.5) is 0 Å². The third-order valence-electron chi connectivity index (χ3n) is 2.99. The van der Waals surface area contributed by atoms with Crippen LogP contribution in [0.15, 0.2) is 47.4 Å². The number of benzene rings is 1. The minimum absolute atomic E-state index is 0.343. The van der Waals surface area contributed by atoms with Gasteiger partial charge in [0, 0.05) is 23.8 Å². The van der Waals surface area contributed by atoms with E-state index in [1.54, 1.807) is 11.8 Å². The summed E-state index contributed by atoms with van der Waals surface area (Å²) in [6.45, 7) is 9.84. The molecule has 0 aliphatic heterocycles. The summed E-state index contributed by atoms with van der Waals surface area (Å²) >= 11 is 1.57. The molecular weight excluding hydrogens is 264 g/mol. The second-order valence-corrected chi connectivity index (χ2v) is 5.75. The summed E-state index contributed by atoms with van der Waals surface area (Å²) in [6, 6.07) is 10.2. The Hall–Kier alpha value is -1.17. The van der Waals surface area contributed by atoms with Crippen molar-refractivity contribution >= 4 is 11.8 Å². The molecule has 20 heavy (non-hydrogen) atoms. The maximum Gasteiger partial charge on any atom is 0.0540 e. The van der Waals surface area contributed by atoms with E-state index in [1.807, 2.05) is 18.2 Å². The van der Waals surface area contributed by atoms with Crippen LogP contribution >= 0.6 is 11.8 Å². The van der Waals surface area contributed by atoms with Crippen molar-refractivity contribution in [3.05, 3.63) is 42.5 Å². The summed E-state index contributed by atoms with van der Waals surface area (Å²) in [5.74, 6) is 3.57. The number of ether oxygens (including phenoxy) is 1. The molecule has 1 nitrogen and oxygen atoms in total. The fourth-order valence-electron chi connectivity index (χ4n) is 1.60. The monoisotopic (exact) mass is 288 g/mol. The largest absolute Gasteiger partial charge is 0.381 e. The lowest BCUT2D eigenvalue weighted by Crippen LogP contribution is -2.10. The maximum atomic E-state index is 5.68. The molecule has 1 unspecified atom stereocenters. The van der Waals surface area contributed by atoms with Crippen LogP contribution in [0.1, 0.15) is 33.1 Å². The number of unbranched alkanes of at least 4 members (excludes halogenated alkanes) is 1. The average Bonchev–Trinajstić information content (AvgIpc) is 2.46. The molecule has 1 rings (SSSR count). The van der Waals surface area contributed by atoms with E-state index in [-0.39, 0.29) is 0 Å². The molecule has 0 aliphatic rings. The Labute approximate surface area is 127 Å². The van der Waals surface area contributed by atoms with Crippen molar-refractivity contribution in [3.63, 3.8) is 0 Å². The minimum Gasteiger partial charge on any atom is -0.381 e. The summed E-state index contributed by atoms with van der Waals surface area (Å²) < 4.78 is 5.68. The van der Waals surface area contributed by atoms with Gasteiger partial charge in [-0.25, -0.2) is 0 Å². The Morgan fingerprint density at radius 1 is 1.35 bits per heavy atom. The van der Waals surface area contributed by atoms with E-state index >= 15 is 0 Å². The average molecular weight is 288 g/mol. The van der Waals surface area contributed by atoms with Crippen LogP contribution < -0.4 is 0 Å². The molecule has 0 saturated heterocycles. The van der Waals surface area contributed by atoms with Gasteiger partial charge in [-0.2, -0.15) is 0 Å². The summed E-state index contributed by atoms with van der Waals surface area (Å²) in [5.41, 5.74) is 1.15. The first-order valence-corrected chi connectivity index (χ1v) is 7.98. The van der Waals surface area contributed by atoms with Gasteiger partial charge >= 0.3 is 0 Å². The van der Waals surface area contributed by atoms with Gasteiger partial charge in [-0.05, 0) is 42.5 Å². The molecule has 2 heteroatoms. The Morgan fingerprint density at radius 2 is 2.10 bits per heavy atom. The smallest absolute Gasteiger partial charge is 0.0540 e. The van der Waals surface area contributed by atoms with Crippen molar-refractivity contribution in [1.29, 1.82) is 0 Å². The van der Waals surface area contributed by atoms with Crippen molar-refractivity contribution in [2.45, 2.75) is 38.0 Å². The molecule has 0 bridgehead atoms. The molecule has 0 N–H and O–H groups in total. The van der Waals surface area contributed by atoms with E-state index < -0.39 is 0 Å². The normalized spacial score (nSPS) is 11.5. The highest BCUT2D eigenvalue weighted by atomic mass is 32.2. The fraction of sp³-hybridized carbons (Fsp3) is 0.444. The van der Waals surface area contributed by atoms with Gasteiger partial charge in [0.2, 0.25) is 0 Å². The highest BCUT2D eigenvalue weighted by Gasteiger charge is 2.07. The molecule has 0 aliphatic carbocycles. The molecule has 0 spiro atoms. The third kappa shape index (κ3) is 7.43. The summed E-state index contributed by atoms with van der Waals surface area (Å²) in [7, 11) is 0. The van der Waals surface area contributed by atoms with E-state index in [9.17, 15) is 0 Å². The lowest BCUT2D eigenvalue weighted by Gasteiger charge is -2.14. The standard InChI is InChI=1S/C18H24OS/c1-4-5-13-19-15-17(16(2)3)10-9-14-20-18-11-7-6-8-12-18/h6-8,11-12,17H,2,4-5,10,13,15H2,1,3H3. The first kappa shape index (κ1) is 16.9. The van der Waals surface area contributed by atoms with Gasteiger partial charge in [0.15, 0.2) is 0 Å². The molecule has 0 fully saturated rings. The first-order valence-electron chi connectivity index (χ1n) is 7.17. The van der Waals surface area contributed by atoms with E-state index in [1.165, 1.54) is 11.3 Å². The molecule has 0 aromatic heterocycles. The second-order valence-electron chi connectivity index (χ2n) is 4.87. The maximum absolute atomic E-state index is 5.68. The van der Waals surface area contributed by atoms with Crippen LogP contribution in [0.5, 0.6) is 0 Å². The zero-order valence-corrected chi connectivity index (χ0v) is 13.3. The lowest BCUT2D eigenvalue weighted by atomic mass is 10.00. The van der Waals surface area contributed by atoms with Crippen LogP contribution in [0, 0.1) is 17.1 Å². The predicted molar refractivity (Wildman–Crippen MR) is 88.7 cm³/mol. The fourth-order valence-corrected chi connectivity index (χ4v) is 2.16. The summed E-state index contributed by atoms with van der Waals surface area (Å²) in [4.78, 5) is 1.19. The minimum atomic E-state index is 0.343. The molecule has 0 saturated carbocycles. The molecular formula is C18H24OS. The summed E-state index contributed by atoms with van der Waals surface area (Å²) in [5, 5.41) is 3.16. The van der Waals surface area contributed by atoms with Crippen molar-refractivity contribution in [1.82, 2.24) is 0 Å². The van der Waals surface area contributed by atoms with Gasteiger partial charge in [0.05, 0.1) is 6.61 Å². The first-order chi connectivity index (χ1) is 9.74. The SMILES string of the molecule is C=C(C)C(CC#CSc1ccccc1)COCCCC. The topological polar surface area (TPSA) is 9.23 Å². The molecule has 1 aromatic carbocycles. The van der Waals surface area contributed by atoms with Gasteiger partial charge in [-0.1, -0.05) is 49.6 Å². The number of hydrogen-bond acceptors (Lipinski definition) is 2. The quantitative estimate of drug-likeness (QED) is 0.283. The summed E-state index contributed by atoms with van der Waals surface area (Å²) in [6.07, 6.45) is 3.12. The van der Waals surface area contributed by atoms with Crippen LogP contribution in [-0.2, 0) is 4.74 Å². The highest BCUT2D eigenvalue weighted by Crippen LogP contribution is 2.17. The Kier molecular flexibility index (Phi) is 8.95. The van der Waals surface area contributed by atoms with E-state index in [0.29, 0.717) is 5.92 Å². The zero-order chi connectivity index (χ0) is 14.6. The van der Waals surface area contributed by atoms with Crippen molar-refractivity contribution in [2.75, 3.05) is 13.2 Å². The van der Waals surface area contributed by atoms with Gasteiger partial charge in [0.1, 0.15) is 0 Å². The number of hydrogen-bond donors (Lipinski definition) is 0. The van der Waals surface area contributed by atoms with E-state index in [0.717, 1.165) is 31.6 Å². The van der Waals surface area contributed by atoms with Crippen LogP contribution in [0.25, 0.3) is 0 Å². The lowest BCUT2D eigenvalue weighted by molar-refractivity contribution is 0.108.